The predicted octanol–water partition coefficient (Wildman–Crippen LogP) is 1.85. The molecule has 126 valence electrons. The summed E-state index contributed by atoms with van der Waals surface area (Å²) in [5.74, 6) is 0. The zero-order valence-electron chi connectivity index (χ0n) is 14.3. The Morgan fingerprint density at radius 1 is 1.09 bits per heavy atom. The molecular formula is C16H26N6S. The molecule has 1 saturated heterocycles. The molecule has 2 aromatic rings. The molecule has 1 aliphatic heterocycles. The largest absolute Gasteiger partial charge is 0.299 e. The van der Waals surface area contributed by atoms with E-state index >= 15 is 0 Å². The molecule has 3 heterocycles. The SMILES string of the molecule is CC(C)(C)c1nc(CN2CCN(CCn3cncn3)CC2)cs1. The number of hydrogen-bond donors (Lipinski definition) is 0. The summed E-state index contributed by atoms with van der Waals surface area (Å²) >= 11 is 1.79. The number of piperazine rings is 1. The molecule has 0 amide bonds. The van der Waals surface area contributed by atoms with Gasteiger partial charge >= 0.3 is 0 Å². The van der Waals surface area contributed by atoms with Crippen LogP contribution in [0, 0.1) is 0 Å². The van der Waals surface area contributed by atoms with Gasteiger partial charge in [0.25, 0.3) is 0 Å². The Bertz CT molecular complexity index is 592. The zero-order chi connectivity index (χ0) is 16.3. The normalized spacial score (nSPS) is 17.7. The predicted molar refractivity (Wildman–Crippen MR) is 92.6 cm³/mol. The van der Waals surface area contributed by atoms with Crippen LogP contribution in [-0.4, -0.2) is 62.3 Å². The first-order valence-electron chi connectivity index (χ1n) is 8.23. The lowest BCUT2D eigenvalue weighted by atomic mass is 9.98. The lowest BCUT2D eigenvalue weighted by Gasteiger charge is -2.34. The van der Waals surface area contributed by atoms with Crippen LogP contribution >= 0.6 is 11.3 Å². The van der Waals surface area contributed by atoms with Crippen molar-refractivity contribution in [2.75, 3.05) is 32.7 Å². The van der Waals surface area contributed by atoms with Crippen molar-refractivity contribution < 1.29 is 0 Å². The van der Waals surface area contributed by atoms with E-state index in [1.54, 1.807) is 24.0 Å². The third-order valence-electron chi connectivity index (χ3n) is 4.16. The van der Waals surface area contributed by atoms with Gasteiger partial charge in [-0.15, -0.1) is 11.3 Å². The Kier molecular flexibility index (Phi) is 5.08. The van der Waals surface area contributed by atoms with Crippen LogP contribution in [0.15, 0.2) is 18.0 Å². The molecule has 0 saturated carbocycles. The van der Waals surface area contributed by atoms with E-state index in [1.165, 1.54) is 10.7 Å². The van der Waals surface area contributed by atoms with E-state index in [9.17, 15) is 0 Å². The Morgan fingerprint density at radius 3 is 2.43 bits per heavy atom. The summed E-state index contributed by atoms with van der Waals surface area (Å²) in [6.07, 6.45) is 3.38. The van der Waals surface area contributed by atoms with Crippen LogP contribution in [0.2, 0.25) is 0 Å². The number of aromatic nitrogens is 4. The highest BCUT2D eigenvalue weighted by Gasteiger charge is 2.21. The maximum absolute atomic E-state index is 4.81. The fourth-order valence-corrected chi connectivity index (χ4v) is 3.61. The van der Waals surface area contributed by atoms with Crippen molar-refractivity contribution in [3.05, 3.63) is 28.7 Å². The van der Waals surface area contributed by atoms with Gasteiger partial charge in [0.1, 0.15) is 12.7 Å². The van der Waals surface area contributed by atoms with E-state index in [2.05, 4.69) is 46.0 Å². The molecule has 0 aliphatic carbocycles. The van der Waals surface area contributed by atoms with Gasteiger partial charge in [-0.3, -0.25) is 14.5 Å². The van der Waals surface area contributed by atoms with Gasteiger partial charge in [0, 0.05) is 50.1 Å². The van der Waals surface area contributed by atoms with E-state index in [4.69, 9.17) is 4.98 Å². The van der Waals surface area contributed by atoms with Crippen LogP contribution in [0.25, 0.3) is 0 Å². The third kappa shape index (κ3) is 4.59. The van der Waals surface area contributed by atoms with Gasteiger partial charge in [-0.05, 0) is 0 Å². The van der Waals surface area contributed by atoms with E-state index in [1.807, 2.05) is 4.68 Å². The average molecular weight is 334 g/mol. The van der Waals surface area contributed by atoms with Crippen LogP contribution in [0.1, 0.15) is 31.5 Å². The Labute approximate surface area is 142 Å². The molecule has 0 aromatic carbocycles. The van der Waals surface area contributed by atoms with Crippen molar-refractivity contribution in [2.45, 2.75) is 39.3 Å². The first kappa shape index (κ1) is 16.5. The summed E-state index contributed by atoms with van der Waals surface area (Å²) in [7, 11) is 0. The van der Waals surface area contributed by atoms with Crippen LogP contribution in [0.3, 0.4) is 0 Å². The maximum Gasteiger partial charge on any atom is 0.137 e. The van der Waals surface area contributed by atoms with E-state index < -0.39 is 0 Å². The Balaban J connectivity index is 1.43. The minimum atomic E-state index is 0.156. The minimum absolute atomic E-state index is 0.156. The van der Waals surface area contributed by atoms with E-state index in [0.717, 1.165) is 45.8 Å². The molecule has 0 spiro atoms. The summed E-state index contributed by atoms with van der Waals surface area (Å²) in [5.41, 5.74) is 1.37. The number of hydrogen-bond acceptors (Lipinski definition) is 6. The summed E-state index contributed by atoms with van der Waals surface area (Å²) in [6, 6.07) is 0. The molecule has 1 aliphatic rings. The van der Waals surface area contributed by atoms with Gasteiger partial charge < -0.3 is 0 Å². The fraction of sp³-hybridized carbons (Fsp3) is 0.688. The molecule has 0 unspecified atom stereocenters. The molecule has 0 bridgehead atoms. The quantitative estimate of drug-likeness (QED) is 0.835. The number of rotatable bonds is 5. The molecule has 0 radical (unpaired) electrons. The molecule has 0 atom stereocenters. The maximum atomic E-state index is 4.81. The zero-order valence-corrected chi connectivity index (χ0v) is 15.1. The Morgan fingerprint density at radius 2 is 1.83 bits per heavy atom. The second kappa shape index (κ2) is 7.07. The van der Waals surface area contributed by atoms with Crippen molar-refractivity contribution in [3.8, 4) is 0 Å². The summed E-state index contributed by atoms with van der Waals surface area (Å²) in [5, 5.41) is 7.61. The van der Waals surface area contributed by atoms with Crippen molar-refractivity contribution in [1.29, 1.82) is 0 Å². The van der Waals surface area contributed by atoms with Crippen molar-refractivity contribution in [2.24, 2.45) is 0 Å². The molecule has 2 aromatic heterocycles. The number of nitrogens with zero attached hydrogens (tertiary/aromatic N) is 6. The first-order valence-corrected chi connectivity index (χ1v) is 9.11. The Hall–Kier alpha value is -1.31. The summed E-state index contributed by atoms with van der Waals surface area (Å²) in [6.45, 7) is 14.1. The van der Waals surface area contributed by atoms with Crippen LogP contribution < -0.4 is 0 Å². The van der Waals surface area contributed by atoms with Crippen LogP contribution in [-0.2, 0) is 18.5 Å². The monoisotopic (exact) mass is 334 g/mol. The van der Waals surface area contributed by atoms with Gasteiger partial charge in [-0.2, -0.15) is 5.10 Å². The first-order chi connectivity index (χ1) is 11.0. The molecule has 3 rings (SSSR count). The number of thiazole rings is 1. The van der Waals surface area contributed by atoms with Crippen molar-refractivity contribution in [1.82, 2.24) is 29.5 Å². The molecular weight excluding hydrogens is 308 g/mol. The molecule has 1 fully saturated rings. The average Bonchev–Trinajstić information content (AvgIpc) is 3.17. The minimum Gasteiger partial charge on any atom is -0.299 e. The van der Waals surface area contributed by atoms with Gasteiger partial charge in [-0.25, -0.2) is 9.97 Å². The van der Waals surface area contributed by atoms with Crippen LogP contribution in [0.5, 0.6) is 0 Å². The topological polar surface area (TPSA) is 50.1 Å². The second-order valence-corrected chi connectivity index (χ2v) is 8.03. The smallest absolute Gasteiger partial charge is 0.137 e. The highest BCUT2D eigenvalue weighted by Crippen LogP contribution is 2.26. The second-order valence-electron chi connectivity index (χ2n) is 7.17. The molecule has 7 heteroatoms. The third-order valence-corrected chi connectivity index (χ3v) is 5.47. The lowest BCUT2D eigenvalue weighted by Crippen LogP contribution is -2.46. The van der Waals surface area contributed by atoms with E-state index in [-0.39, 0.29) is 5.41 Å². The van der Waals surface area contributed by atoms with Gasteiger partial charge in [0.2, 0.25) is 0 Å². The molecule has 0 N–H and O–H groups in total. The fourth-order valence-electron chi connectivity index (χ4n) is 2.72. The van der Waals surface area contributed by atoms with Crippen molar-refractivity contribution in [3.63, 3.8) is 0 Å². The standard InChI is InChI=1S/C16H26N6S/c1-16(2,3)15-19-14(11-23-15)10-21-6-4-20(5-7-21)8-9-22-13-17-12-18-22/h11-13H,4-10H2,1-3H3. The van der Waals surface area contributed by atoms with Crippen molar-refractivity contribution >= 4 is 11.3 Å². The summed E-state index contributed by atoms with van der Waals surface area (Å²) < 4.78 is 1.90. The van der Waals surface area contributed by atoms with E-state index in [0.29, 0.717) is 0 Å². The van der Waals surface area contributed by atoms with Gasteiger partial charge in [-0.1, -0.05) is 20.8 Å². The summed E-state index contributed by atoms with van der Waals surface area (Å²) in [4.78, 5) is 13.8. The molecule has 6 nitrogen and oxygen atoms in total. The lowest BCUT2D eigenvalue weighted by molar-refractivity contribution is 0.122. The van der Waals surface area contributed by atoms with Gasteiger partial charge in [0.05, 0.1) is 17.2 Å². The van der Waals surface area contributed by atoms with Crippen LogP contribution in [0.4, 0.5) is 0 Å². The highest BCUT2D eigenvalue weighted by atomic mass is 32.1. The van der Waals surface area contributed by atoms with Gasteiger partial charge in [0.15, 0.2) is 0 Å². The highest BCUT2D eigenvalue weighted by molar-refractivity contribution is 7.09. The molecule has 23 heavy (non-hydrogen) atoms.